The maximum absolute atomic E-state index is 5.91. The average Bonchev–Trinajstić information content (AvgIpc) is 3.23. The minimum atomic E-state index is 0.173. The Bertz CT molecular complexity index is 466. The smallest absolute Gasteiger partial charge is 0.111 e. The molecule has 1 aromatic rings. The highest BCUT2D eigenvalue weighted by molar-refractivity contribution is 5.08. The largest absolute Gasteiger partial charge is 0.369 e. The van der Waals surface area contributed by atoms with E-state index in [9.17, 15) is 0 Å². The number of hydrogen-bond donors (Lipinski definition) is 1. The second-order valence-electron chi connectivity index (χ2n) is 6.87. The zero-order valence-electron chi connectivity index (χ0n) is 12.3. The molecule has 2 heterocycles. The molecule has 0 amide bonds. The van der Waals surface area contributed by atoms with Crippen molar-refractivity contribution in [1.82, 2.24) is 14.9 Å². The van der Waals surface area contributed by atoms with E-state index in [-0.39, 0.29) is 6.10 Å². The molecule has 4 nitrogen and oxygen atoms in total. The zero-order chi connectivity index (χ0) is 13.5. The fraction of sp³-hybridized carbons (Fsp3) is 0.812. The second kappa shape index (κ2) is 5.15. The van der Waals surface area contributed by atoms with Gasteiger partial charge in [0.05, 0.1) is 24.8 Å². The molecule has 2 aliphatic carbocycles. The first-order chi connectivity index (χ1) is 9.83. The van der Waals surface area contributed by atoms with Crippen molar-refractivity contribution >= 4 is 0 Å². The van der Waals surface area contributed by atoms with Crippen LogP contribution in [-0.2, 0) is 4.74 Å². The van der Waals surface area contributed by atoms with Crippen LogP contribution in [0.4, 0.5) is 0 Å². The van der Waals surface area contributed by atoms with E-state index in [1.807, 2.05) is 12.5 Å². The Morgan fingerprint density at radius 2 is 2.35 bits per heavy atom. The lowest BCUT2D eigenvalue weighted by Crippen LogP contribution is -2.35. The molecule has 0 spiro atoms. The van der Waals surface area contributed by atoms with Gasteiger partial charge in [-0.25, -0.2) is 4.98 Å². The van der Waals surface area contributed by atoms with Gasteiger partial charge in [-0.2, -0.15) is 0 Å². The minimum absolute atomic E-state index is 0.173. The van der Waals surface area contributed by atoms with Crippen LogP contribution in [0.25, 0.3) is 0 Å². The fourth-order valence-corrected chi connectivity index (χ4v) is 4.75. The molecule has 110 valence electrons. The van der Waals surface area contributed by atoms with Crippen molar-refractivity contribution in [2.75, 3.05) is 19.7 Å². The number of imidazole rings is 1. The lowest BCUT2D eigenvalue weighted by atomic mass is 9.83. The topological polar surface area (TPSA) is 39.1 Å². The Kier molecular flexibility index (Phi) is 3.31. The summed E-state index contributed by atoms with van der Waals surface area (Å²) in [5.41, 5.74) is 1.26. The van der Waals surface area contributed by atoms with E-state index < -0.39 is 0 Å². The normalized spacial score (nSPS) is 38.2. The third kappa shape index (κ3) is 2.09. The van der Waals surface area contributed by atoms with Gasteiger partial charge in [-0.05, 0) is 43.9 Å². The van der Waals surface area contributed by atoms with Crippen molar-refractivity contribution in [2.24, 2.45) is 17.8 Å². The van der Waals surface area contributed by atoms with Crippen LogP contribution < -0.4 is 5.32 Å². The molecule has 1 N–H and O–H groups in total. The van der Waals surface area contributed by atoms with E-state index in [0.29, 0.717) is 6.04 Å². The van der Waals surface area contributed by atoms with Gasteiger partial charge in [0, 0.05) is 19.1 Å². The van der Waals surface area contributed by atoms with E-state index in [1.165, 1.54) is 31.4 Å². The number of hydrogen-bond acceptors (Lipinski definition) is 3. The van der Waals surface area contributed by atoms with Crippen LogP contribution >= 0.6 is 0 Å². The standard InChI is InChI=1S/C16H25N3O/c1-11(14-7-12-2-3-13(14)6-12)19-10-18-8-15(19)16-9-17-4-5-20-16/h8,10-14,16-17H,2-7,9H2,1H3. The molecule has 0 aromatic carbocycles. The lowest BCUT2D eigenvalue weighted by molar-refractivity contribution is 0.0209. The molecule has 3 aliphatic rings. The van der Waals surface area contributed by atoms with Crippen LogP contribution in [0, 0.1) is 17.8 Å². The number of ether oxygens (including phenoxy) is 1. The summed E-state index contributed by atoms with van der Waals surface area (Å²) in [4.78, 5) is 4.41. The summed E-state index contributed by atoms with van der Waals surface area (Å²) in [6.45, 7) is 5.06. The molecule has 0 radical (unpaired) electrons. The van der Waals surface area contributed by atoms with Crippen LogP contribution in [0.2, 0.25) is 0 Å². The predicted octanol–water partition coefficient (Wildman–Crippen LogP) is 2.54. The van der Waals surface area contributed by atoms with Crippen LogP contribution in [-0.4, -0.2) is 29.2 Å². The Labute approximate surface area is 120 Å². The van der Waals surface area contributed by atoms with Crippen molar-refractivity contribution in [3.05, 3.63) is 18.2 Å². The molecule has 20 heavy (non-hydrogen) atoms. The maximum atomic E-state index is 5.91. The quantitative estimate of drug-likeness (QED) is 0.921. The SMILES string of the molecule is CC(C1CC2CCC1C2)n1cncc1C1CNCCO1. The molecule has 1 aromatic heterocycles. The van der Waals surface area contributed by atoms with Crippen LogP contribution in [0.1, 0.15) is 50.4 Å². The van der Waals surface area contributed by atoms with Crippen molar-refractivity contribution in [3.63, 3.8) is 0 Å². The van der Waals surface area contributed by atoms with Gasteiger partial charge < -0.3 is 14.6 Å². The van der Waals surface area contributed by atoms with Gasteiger partial charge in [-0.3, -0.25) is 0 Å². The molecule has 4 rings (SSSR count). The first kappa shape index (κ1) is 12.8. The Morgan fingerprint density at radius 3 is 3.05 bits per heavy atom. The van der Waals surface area contributed by atoms with Crippen molar-refractivity contribution < 1.29 is 4.74 Å². The van der Waals surface area contributed by atoms with Crippen molar-refractivity contribution in [2.45, 2.75) is 44.8 Å². The van der Waals surface area contributed by atoms with Gasteiger partial charge >= 0.3 is 0 Å². The second-order valence-corrected chi connectivity index (χ2v) is 6.87. The van der Waals surface area contributed by atoms with Crippen LogP contribution in [0.5, 0.6) is 0 Å². The van der Waals surface area contributed by atoms with Gasteiger partial charge in [-0.1, -0.05) is 6.42 Å². The third-order valence-electron chi connectivity index (χ3n) is 5.80. The fourth-order valence-electron chi connectivity index (χ4n) is 4.75. The minimum Gasteiger partial charge on any atom is -0.369 e. The highest BCUT2D eigenvalue weighted by atomic mass is 16.5. The van der Waals surface area contributed by atoms with E-state index in [2.05, 4.69) is 21.8 Å². The summed E-state index contributed by atoms with van der Waals surface area (Å²) >= 11 is 0. The number of nitrogens with one attached hydrogen (secondary N) is 1. The van der Waals surface area contributed by atoms with Crippen molar-refractivity contribution in [1.29, 1.82) is 0 Å². The number of rotatable bonds is 3. The van der Waals surface area contributed by atoms with Crippen molar-refractivity contribution in [3.8, 4) is 0 Å². The Hall–Kier alpha value is -0.870. The first-order valence-electron chi connectivity index (χ1n) is 8.17. The molecule has 2 saturated carbocycles. The summed E-state index contributed by atoms with van der Waals surface area (Å²) in [6.07, 6.45) is 10.0. The molecule has 5 atom stereocenters. The van der Waals surface area contributed by atoms with E-state index >= 15 is 0 Å². The van der Waals surface area contributed by atoms with Gasteiger partial charge in [-0.15, -0.1) is 0 Å². The van der Waals surface area contributed by atoms with Gasteiger partial charge in [0.1, 0.15) is 6.10 Å². The molecule has 1 aliphatic heterocycles. The summed E-state index contributed by atoms with van der Waals surface area (Å²) < 4.78 is 8.31. The number of aromatic nitrogens is 2. The molecule has 3 fully saturated rings. The highest BCUT2D eigenvalue weighted by Crippen LogP contribution is 2.52. The summed E-state index contributed by atoms with van der Waals surface area (Å²) in [7, 11) is 0. The number of fused-ring (bicyclic) bond motifs is 2. The molecule has 2 bridgehead atoms. The number of nitrogens with zero attached hydrogens (tertiary/aromatic N) is 2. The molecular formula is C16H25N3O. The summed E-state index contributed by atoms with van der Waals surface area (Å²) in [5.74, 6) is 2.81. The van der Waals surface area contributed by atoms with Crippen LogP contribution in [0.15, 0.2) is 12.5 Å². The monoisotopic (exact) mass is 275 g/mol. The zero-order valence-corrected chi connectivity index (χ0v) is 12.3. The first-order valence-corrected chi connectivity index (χ1v) is 8.17. The Balaban J connectivity index is 1.54. The molecule has 5 unspecified atom stereocenters. The van der Waals surface area contributed by atoms with Crippen LogP contribution in [0.3, 0.4) is 0 Å². The van der Waals surface area contributed by atoms with Gasteiger partial charge in [0.2, 0.25) is 0 Å². The molecule has 4 heteroatoms. The van der Waals surface area contributed by atoms with E-state index in [1.54, 1.807) is 0 Å². The highest BCUT2D eigenvalue weighted by Gasteiger charge is 2.42. The van der Waals surface area contributed by atoms with Gasteiger partial charge in [0.25, 0.3) is 0 Å². The molecular weight excluding hydrogens is 250 g/mol. The third-order valence-corrected chi connectivity index (χ3v) is 5.80. The average molecular weight is 275 g/mol. The predicted molar refractivity (Wildman–Crippen MR) is 77.4 cm³/mol. The summed E-state index contributed by atoms with van der Waals surface area (Å²) in [6, 6.07) is 0.563. The number of morpholine rings is 1. The van der Waals surface area contributed by atoms with E-state index in [4.69, 9.17) is 4.74 Å². The molecule has 1 saturated heterocycles. The van der Waals surface area contributed by atoms with E-state index in [0.717, 1.165) is 37.5 Å². The maximum Gasteiger partial charge on any atom is 0.111 e. The Morgan fingerprint density at radius 1 is 1.40 bits per heavy atom. The lowest BCUT2D eigenvalue weighted by Gasteiger charge is -2.32. The summed E-state index contributed by atoms with van der Waals surface area (Å²) in [5, 5.41) is 3.42. The van der Waals surface area contributed by atoms with Gasteiger partial charge in [0.15, 0.2) is 0 Å².